The van der Waals surface area contributed by atoms with Crippen LogP contribution in [0.25, 0.3) is 0 Å². The van der Waals surface area contributed by atoms with Crippen LogP contribution in [0.1, 0.15) is 47.7 Å². The standard InChI is InChI=1S/C25H26ClN3O3/c1-15-22-19(29-28-17-8-6-5-7-9-17)13-25(2,3)14-21(22)32-23(15)24(30)27-18-12-16(26)10-11-20(18)31-4/h5-12,28H,13-14H2,1-4H3,(H,27,30)/b29-19-. The maximum Gasteiger partial charge on any atom is 0.291 e. The Hall–Kier alpha value is -3.25. The van der Waals surface area contributed by atoms with Crippen molar-refractivity contribution in [3.63, 3.8) is 0 Å². The lowest BCUT2D eigenvalue weighted by Gasteiger charge is -2.29. The monoisotopic (exact) mass is 451 g/mol. The van der Waals surface area contributed by atoms with Crippen LogP contribution in [0.15, 0.2) is 58.0 Å². The van der Waals surface area contributed by atoms with E-state index in [0.717, 1.165) is 41.1 Å². The highest BCUT2D eigenvalue weighted by atomic mass is 35.5. The first-order valence-corrected chi connectivity index (χ1v) is 10.8. The van der Waals surface area contributed by atoms with Crippen LogP contribution in [-0.2, 0) is 6.42 Å². The molecule has 1 amide bonds. The van der Waals surface area contributed by atoms with Crippen molar-refractivity contribution in [1.82, 2.24) is 0 Å². The maximum absolute atomic E-state index is 13.1. The second-order valence-electron chi connectivity index (χ2n) is 8.71. The molecule has 7 heteroatoms. The highest BCUT2D eigenvalue weighted by Gasteiger charge is 2.36. The zero-order valence-electron chi connectivity index (χ0n) is 18.6. The van der Waals surface area contributed by atoms with Crippen LogP contribution in [-0.4, -0.2) is 18.7 Å². The Kier molecular flexibility index (Phi) is 5.98. The Morgan fingerprint density at radius 2 is 1.91 bits per heavy atom. The minimum absolute atomic E-state index is 0.0432. The quantitative estimate of drug-likeness (QED) is 0.447. The number of anilines is 2. The van der Waals surface area contributed by atoms with Crippen molar-refractivity contribution in [2.75, 3.05) is 17.9 Å². The van der Waals surface area contributed by atoms with Crippen molar-refractivity contribution in [2.45, 2.75) is 33.6 Å². The number of rotatable bonds is 5. The van der Waals surface area contributed by atoms with Crippen LogP contribution in [0.3, 0.4) is 0 Å². The van der Waals surface area contributed by atoms with Gasteiger partial charge in [0.05, 0.1) is 24.2 Å². The molecule has 0 saturated heterocycles. The van der Waals surface area contributed by atoms with E-state index in [1.165, 1.54) is 0 Å². The minimum Gasteiger partial charge on any atom is -0.495 e. The molecule has 0 bridgehead atoms. The van der Waals surface area contributed by atoms with Crippen molar-refractivity contribution in [2.24, 2.45) is 10.5 Å². The van der Waals surface area contributed by atoms with E-state index in [4.69, 9.17) is 20.8 Å². The van der Waals surface area contributed by atoms with Crippen molar-refractivity contribution >= 4 is 34.6 Å². The van der Waals surface area contributed by atoms with Gasteiger partial charge in [-0.05, 0) is 49.1 Å². The summed E-state index contributed by atoms with van der Waals surface area (Å²) in [5, 5.41) is 8.05. The van der Waals surface area contributed by atoms with E-state index < -0.39 is 0 Å². The Bertz CT molecular complexity index is 1180. The molecule has 0 spiro atoms. The fourth-order valence-electron chi connectivity index (χ4n) is 4.03. The second kappa shape index (κ2) is 8.71. The molecule has 0 aliphatic heterocycles. The van der Waals surface area contributed by atoms with Gasteiger partial charge in [-0.15, -0.1) is 0 Å². The number of carbonyl (C=O) groups is 1. The average molecular weight is 452 g/mol. The number of amides is 1. The first-order valence-electron chi connectivity index (χ1n) is 10.4. The third-order valence-corrected chi connectivity index (χ3v) is 5.74. The second-order valence-corrected chi connectivity index (χ2v) is 9.14. The van der Waals surface area contributed by atoms with Gasteiger partial charge >= 0.3 is 0 Å². The minimum atomic E-state index is -0.356. The van der Waals surface area contributed by atoms with E-state index in [2.05, 4.69) is 29.7 Å². The zero-order chi connectivity index (χ0) is 22.9. The number of methoxy groups -OCH3 is 1. The number of fused-ring (bicyclic) bond motifs is 1. The number of hydrogen-bond donors (Lipinski definition) is 2. The van der Waals surface area contributed by atoms with E-state index in [1.54, 1.807) is 25.3 Å². The Labute approximate surface area is 192 Å². The molecule has 1 aromatic heterocycles. The van der Waals surface area contributed by atoms with Crippen LogP contribution in [0.2, 0.25) is 5.02 Å². The summed E-state index contributed by atoms with van der Waals surface area (Å²) in [5.41, 5.74) is 7.02. The third-order valence-electron chi connectivity index (χ3n) is 5.50. The predicted octanol–water partition coefficient (Wildman–Crippen LogP) is 6.29. The molecule has 6 nitrogen and oxygen atoms in total. The molecule has 2 aromatic carbocycles. The molecule has 166 valence electrons. The molecule has 1 aliphatic rings. The molecule has 0 unspecified atom stereocenters. The summed E-state index contributed by atoms with van der Waals surface area (Å²) in [4.78, 5) is 13.1. The zero-order valence-corrected chi connectivity index (χ0v) is 19.3. The summed E-state index contributed by atoms with van der Waals surface area (Å²) in [7, 11) is 1.54. The number of hydrogen-bond acceptors (Lipinski definition) is 5. The molecule has 0 atom stereocenters. The number of halogens is 1. The maximum atomic E-state index is 13.1. The van der Waals surface area contributed by atoms with Gasteiger partial charge in [-0.3, -0.25) is 10.2 Å². The van der Waals surface area contributed by atoms with E-state index in [-0.39, 0.29) is 17.1 Å². The number of carbonyl (C=O) groups excluding carboxylic acids is 1. The van der Waals surface area contributed by atoms with E-state index in [9.17, 15) is 4.79 Å². The number of furan rings is 1. The lowest BCUT2D eigenvalue weighted by atomic mass is 9.75. The smallest absolute Gasteiger partial charge is 0.291 e. The van der Waals surface area contributed by atoms with Crippen LogP contribution in [0.4, 0.5) is 11.4 Å². The Morgan fingerprint density at radius 3 is 2.62 bits per heavy atom. The van der Waals surface area contributed by atoms with Gasteiger partial charge < -0.3 is 14.5 Å². The first kappa shape index (κ1) is 22.0. The van der Waals surface area contributed by atoms with E-state index in [1.807, 2.05) is 37.3 Å². The summed E-state index contributed by atoms with van der Waals surface area (Å²) in [5.74, 6) is 1.20. The highest BCUT2D eigenvalue weighted by Crippen LogP contribution is 2.39. The van der Waals surface area contributed by atoms with Crippen LogP contribution >= 0.6 is 11.6 Å². The molecule has 0 fully saturated rings. The third kappa shape index (κ3) is 4.50. The van der Waals surface area contributed by atoms with Crippen LogP contribution < -0.4 is 15.5 Å². The molecule has 4 rings (SSSR count). The number of ether oxygens (including phenoxy) is 1. The van der Waals surface area contributed by atoms with Crippen molar-refractivity contribution < 1.29 is 13.9 Å². The molecule has 0 saturated carbocycles. The van der Waals surface area contributed by atoms with Gasteiger partial charge in [0.2, 0.25) is 0 Å². The topological polar surface area (TPSA) is 75.9 Å². The largest absolute Gasteiger partial charge is 0.495 e. The van der Waals surface area contributed by atoms with E-state index >= 15 is 0 Å². The summed E-state index contributed by atoms with van der Waals surface area (Å²) in [6.07, 6.45) is 1.49. The predicted molar refractivity (Wildman–Crippen MR) is 128 cm³/mol. The summed E-state index contributed by atoms with van der Waals surface area (Å²) >= 11 is 6.10. The normalized spacial score (nSPS) is 15.8. The Morgan fingerprint density at radius 1 is 1.16 bits per heavy atom. The number of nitrogens with zero attached hydrogens (tertiary/aromatic N) is 1. The van der Waals surface area contributed by atoms with Gasteiger partial charge in [-0.1, -0.05) is 43.6 Å². The molecule has 0 radical (unpaired) electrons. The molecular weight excluding hydrogens is 426 g/mol. The summed E-state index contributed by atoms with van der Waals surface area (Å²) in [6, 6.07) is 14.8. The lowest BCUT2D eigenvalue weighted by Crippen LogP contribution is -2.27. The van der Waals surface area contributed by atoms with Gasteiger partial charge in [-0.2, -0.15) is 5.10 Å². The molecule has 3 aromatic rings. The van der Waals surface area contributed by atoms with Crippen molar-refractivity contribution in [3.8, 4) is 5.75 Å². The number of benzene rings is 2. The van der Waals surface area contributed by atoms with Crippen LogP contribution in [0, 0.1) is 12.3 Å². The number of para-hydroxylation sites is 1. The summed E-state index contributed by atoms with van der Waals surface area (Å²) in [6.45, 7) is 6.23. The molecule has 2 N–H and O–H groups in total. The molecule has 32 heavy (non-hydrogen) atoms. The van der Waals surface area contributed by atoms with Crippen LogP contribution in [0.5, 0.6) is 5.75 Å². The fourth-order valence-corrected chi connectivity index (χ4v) is 4.20. The van der Waals surface area contributed by atoms with E-state index in [0.29, 0.717) is 16.5 Å². The van der Waals surface area contributed by atoms with Gasteiger partial charge in [0.25, 0.3) is 5.91 Å². The van der Waals surface area contributed by atoms with Gasteiger partial charge in [-0.25, -0.2) is 0 Å². The average Bonchev–Trinajstić information content (AvgIpc) is 3.08. The van der Waals surface area contributed by atoms with Crippen molar-refractivity contribution in [1.29, 1.82) is 0 Å². The highest BCUT2D eigenvalue weighted by molar-refractivity contribution is 6.31. The molecule has 1 aliphatic carbocycles. The number of hydrazone groups is 1. The molecule has 1 heterocycles. The number of nitrogens with one attached hydrogen (secondary N) is 2. The SMILES string of the molecule is COc1ccc(Cl)cc1NC(=O)c1oc2c(c1C)/C(=N\Nc1ccccc1)CC(C)(C)C2. The molecular formula is C25H26ClN3O3. The Balaban J connectivity index is 1.68. The lowest BCUT2D eigenvalue weighted by molar-refractivity contribution is 0.0992. The first-order chi connectivity index (χ1) is 15.3. The summed E-state index contributed by atoms with van der Waals surface area (Å²) < 4.78 is 11.4. The van der Waals surface area contributed by atoms with Crippen molar-refractivity contribution in [3.05, 3.63) is 76.2 Å². The fraction of sp³-hybridized carbons (Fsp3) is 0.280. The van der Waals surface area contributed by atoms with Gasteiger partial charge in [0.15, 0.2) is 5.76 Å². The van der Waals surface area contributed by atoms with Gasteiger partial charge in [0, 0.05) is 22.6 Å². The van der Waals surface area contributed by atoms with Gasteiger partial charge in [0.1, 0.15) is 11.5 Å².